The molecule has 9 nitrogen and oxygen atoms in total. The van der Waals surface area contributed by atoms with Crippen molar-refractivity contribution < 1.29 is 17.7 Å². The van der Waals surface area contributed by atoms with Crippen LogP contribution in [0.1, 0.15) is 42.5 Å². The lowest BCUT2D eigenvalue weighted by Crippen LogP contribution is -2.31. The Labute approximate surface area is 180 Å². The molecule has 1 aromatic carbocycles. The first-order valence-electron chi connectivity index (χ1n) is 10.4. The molecule has 0 amide bonds. The van der Waals surface area contributed by atoms with Gasteiger partial charge in [0.25, 0.3) is 0 Å². The molecule has 0 aliphatic heterocycles. The van der Waals surface area contributed by atoms with Crippen LogP contribution in [0, 0.1) is 0 Å². The van der Waals surface area contributed by atoms with Gasteiger partial charge in [-0.25, -0.2) is 9.97 Å². The van der Waals surface area contributed by atoms with Crippen molar-refractivity contribution >= 4 is 27.2 Å². The minimum Gasteiger partial charge on any atom is -0.390 e. The van der Waals surface area contributed by atoms with E-state index in [0.29, 0.717) is 12.8 Å². The predicted octanol–water partition coefficient (Wildman–Crippen LogP) is 2.08. The summed E-state index contributed by atoms with van der Waals surface area (Å²) >= 11 is 0. The van der Waals surface area contributed by atoms with Crippen molar-refractivity contribution in [3.8, 4) is 0 Å². The monoisotopic (exact) mass is 443 g/mol. The average molecular weight is 444 g/mol. The molecule has 164 valence electrons. The van der Waals surface area contributed by atoms with Gasteiger partial charge in [-0.15, -0.1) is 0 Å². The van der Waals surface area contributed by atoms with Crippen molar-refractivity contribution in [1.82, 2.24) is 19.3 Å². The van der Waals surface area contributed by atoms with E-state index in [9.17, 15) is 13.5 Å². The summed E-state index contributed by atoms with van der Waals surface area (Å²) in [5.74, 6) is 0.773. The maximum absolute atomic E-state index is 11.7. The van der Waals surface area contributed by atoms with Crippen molar-refractivity contribution in [3.05, 3.63) is 54.0 Å². The molecule has 0 unspecified atom stereocenters. The fraction of sp³-hybridized carbons (Fsp3) is 0.429. The molecule has 1 saturated carbocycles. The van der Waals surface area contributed by atoms with Crippen LogP contribution in [0.5, 0.6) is 0 Å². The van der Waals surface area contributed by atoms with E-state index in [0.717, 1.165) is 29.7 Å². The minimum atomic E-state index is -3.87. The normalized spacial score (nSPS) is 25.7. The highest BCUT2D eigenvalue weighted by Crippen LogP contribution is 2.38. The van der Waals surface area contributed by atoms with E-state index in [1.54, 1.807) is 0 Å². The molecular formula is C21H25N5O4S. The highest BCUT2D eigenvalue weighted by molar-refractivity contribution is 7.84. The molecule has 0 bridgehead atoms. The van der Waals surface area contributed by atoms with Gasteiger partial charge in [-0.1, -0.05) is 24.3 Å². The highest BCUT2D eigenvalue weighted by Gasteiger charge is 2.38. The topological polar surface area (TPSA) is 118 Å². The van der Waals surface area contributed by atoms with E-state index in [2.05, 4.69) is 44.3 Å². The van der Waals surface area contributed by atoms with Gasteiger partial charge >= 0.3 is 10.3 Å². The fourth-order valence-electron chi connectivity index (χ4n) is 4.75. The standard InChI is InChI=1S/C21H25N5O4S/c1-22-31(28,29)30-19-11-14(10-18(19)27)26-9-8-16-20(23-12-24-21(16)26)25-17-7-6-13-4-2-3-5-15(13)17/h2-5,8-9,12,14,17-19,22,27H,6-7,10-11H2,1H3,(H,23,24,25)/t14-,17+,18+,19+/m1/s1. The zero-order chi connectivity index (χ0) is 21.6. The third-order valence-corrected chi connectivity index (χ3v) is 7.29. The van der Waals surface area contributed by atoms with E-state index >= 15 is 0 Å². The molecule has 3 aromatic rings. The van der Waals surface area contributed by atoms with Gasteiger partial charge in [0.15, 0.2) is 0 Å². The second kappa shape index (κ2) is 7.86. The number of aliphatic hydroxyl groups excluding tert-OH is 1. The quantitative estimate of drug-likeness (QED) is 0.534. The Bertz CT molecular complexity index is 1210. The number of hydrogen-bond donors (Lipinski definition) is 3. The summed E-state index contributed by atoms with van der Waals surface area (Å²) in [7, 11) is -2.59. The summed E-state index contributed by atoms with van der Waals surface area (Å²) in [4.78, 5) is 8.94. The van der Waals surface area contributed by atoms with Gasteiger partial charge in [0.2, 0.25) is 0 Å². The lowest BCUT2D eigenvalue weighted by molar-refractivity contribution is 0.0635. The highest BCUT2D eigenvalue weighted by atomic mass is 32.2. The van der Waals surface area contributed by atoms with Crippen molar-refractivity contribution in [2.45, 2.75) is 50.0 Å². The van der Waals surface area contributed by atoms with Gasteiger partial charge < -0.3 is 15.0 Å². The smallest absolute Gasteiger partial charge is 0.335 e. The van der Waals surface area contributed by atoms with Gasteiger partial charge in [-0.2, -0.15) is 13.1 Å². The first-order valence-corrected chi connectivity index (χ1v) is 11.8. The van der Waals surface area contributed by atoms with Crippen LogP contribution in [-0.4, -0.2) is 47.3 Å². The lowest BCUT2D eigenvalue weighted by Gasteiger charge is -2.16. The predicted molar refractivity (Wildman–Crippen MR) is 116 cm³/mol. The molecule has 2 aliphatic carbocycles. The Kier molecular flexibility index (Phi) is 5.17. The van der Waals surface area contributed by atoms with Crippen LogP contribution in [0.15, 0.2) is 42.9 Å². The summed E-state index contributed by atoms with van der Waals surface area (Å²) in [5, 5.41) is 14.8. The Balaban J connectivity index is 1.39. The summed E-state index contributed by atoms with van der Waals surface area (Å²) < 4.78 is 32.6. The van der Waals surface area contributed by atoms with E-state index in [-0.39, 0.29) is 12.1 Å². The summed E-state index contributed by atoms with van der Waals surface area (Å²) in [6.07, 6.45) is 4.59. The number of hydrogen-bond acceptors (Lipinski definition) is 7. The Morgan fingerprint density at radius 1 is 1.19 bits per heavy atom. The number of fused-ring (bicyclic) bond motifs is 2. The second-order valence-corrected chi connectivity index (χ2v) is 9.61. The number of anilines is 1. The molecular weight excluding hydrogens is 418 g/mol. The number of nitrogens with one attached hydrogen (secondary N) is 2. The molecule has 4 atom stereocenters. The molecule has 10 heteroatoms. The van der Waals surface area contributed by atoms with Crippen molar-refractivity contribution in [2.24, 2.45) is 0 Å². The number of nitrogens with zero attached hydrogens (tertiary/aromatic N) is 3. The van der Waals surface area contributed by atoms with Crippen LogP contribution in [0.2, 0.25) is 0 Å². The van der Waals surface area contributed by atoms with Gasteiger partial charge in [0.1, 0.15) is 23.9 Å². The molecule has 2 aliphatic rings. The van der Waals surface area contributed by atoms with Crippen molar-refractivity contribution in [3.63, 3.8) is 0 Å². The van der Waals surface area contributed by atoms with E-state index in [4.69, 9.17) is 4.18 Å². The minimum absolute atomic E-state index is 0.125. The summed E-state index contributed by atoms with van der Waals surface area (Å²) in [5.41, 5.74) is 3.42. The molecule has 0 saturated heterocycles. The second-order valence-electron chi connectivity index (χ2n) is 8.10. The van der Waals surface area contributed by atoms with Gasteiger partial charge in [0.05, 0.1) is 17.5 Å². The zero-order valence-electron chi connectivity index (χ0n) is 17.1. The van der Waals surface area contributed by atoms with Gasteiger partial charge in [-0.05, 0) is 42.9 Å². The third-order valence-electron chi connectivity index (χ3n) is 6.29. The Morgan fingerprint density at radius 2 is 2.03 bits per heavy atom. The summed E-state index contributed by atoms with van der Waals surface area (Å²) in [6, 6.07) is 10.5. The lowest BCUT2D eigenvalue weighted by atomic mass is 10.1. The maximum atomic E-state index is 11.7. The molecule has 1 fully saturated rings. The SMILES string of the molecule is CNS(=O)(=O)O[C@H]1C[C@H](n2ccc3c(N[C@H]4CCc5ccccc54)ncnc32)C[C@@H]1O. The summed E-state index contributed by atoms with van der Waals surface area (Å²) in [6.45, 7) is 0. The molecule has 2 aromatic heterocycles. The molecule has 0 radical (unpaired) electrons. The van der Waals surface area contributed by atoms with E-state index in [1.165, 1.54) is 24.5 Å². The van der Waals surface area contributed by atoms with Crippen LogP contribution in [0.25, 0.3) is 11.0 Å². The molecule has 0 spiro atoms. The number of aromatic nitrogens is 3. The van der Waals surface area contributed by atoms with Crippen molar-refractivity contribution in [2.75, 3.05) is 12.4 Å². The first kappa shape index (κ1) is 20.4. The zero-order valence-corrected chi connectivity index (χ0v) is 17.9. The Morgan fingerprint density at radius 3 is 2.87 bits per heavy atom. The molecule has 31 heavy (non-hydrogen) atoms. The van der Waals surface area contributed by atoms with Crippen LogP contribution < -0.4 is 10.0 Å². The van der Waals surface area contributed by atoms with Gasteiger partial charge in [0, 0.05) is 19.3 Å². The first-order chi connectivity index (χ1) is 14.9. The van der Waals surface area contributed by atoms with Gasteiger partial charge in [-0.3, -0.25) is 4.18 Å². The maximum Gasteiger partial charge on any atom is 0.335 e. The van der Waals surface area contributed by atoms with Crippen molar-refractivity contribution in [1.29, 1.82) is 0 Å². The van der Waals surface area contributed by atoms with Crippen LogP contribution in [0.3, 0.4) is 0 Å². The largest absolute Gasteiger partial charge is 0.390 e. The molecule has 3 N–H and O–H groups in total. The van der Waals surface area contributed by atoms with E-state index in [1.807, 2.05) is 16.8 Å². The van der Waals surface area contributed by atoms with Crippen LogP contribution in [-0.2, 0) is 20.9 Å². The number of aliphatic hydroxyl groups is 1. The number of rotatable bonds is 6. The average Bonchev–Trinajstić information content (AvgIpc) is 3.46. The molecule has 5 rings (SSSR count). The van der Waals surface area contributed by atoms with Crippen LogP contribution in [0.4, 0.5) is 5.82 Å². The fourth-order valence-corrected chi connectivity index (χ4v) is 5.37. The molecule has 2 heterocycles. The Hall–Kier alpha value is -2.53. The third kappa shape index (κ3) is 3.80. The number of benzene rings is 1. The number of aryl methyl sites for hydroxylation is 1. The van der Waals surface area contributed by atoms with Crippen LogP contribution >= 0.6 is 0 Å². The van der Waals surface area contributed by atoms with E-state index < -0.39 is 22.5 Å².